The molecule has 0 amide bonds. The zero-order chi connectivity index (χ0) is 9.31. The monoisotopic (exact) mass is 184 g/mol. The van der Waals surface area contributed by atoms with E-state index in [0.29, 0.717) is 19.0 Å². The Kier molecular flexibility index (Phi) is 2.30. The largest absolute Gasteiger partial charge is 0.513 e. The van der Waals surface area contributed by atoms with Crippen molar-refractivity contribution in [1.29, 1.82) is 0 Å². The summed E-state index contributed by atoms with van der Waals surface area (Å²) in [5, 5.41) is 9.23. The van der Waals surface area contributed by atoms with Crippen LogP contribution < -0.4 is 0 Å². The highest BCUT2D eigenvalue weighted by molar-refractivity contribution is 4.94. The van der Waals surface area contributed by atoms with Crippen molar-refractivity contribution in [3.05, 3.63) is 12.3 Å². The Morgan fingerprint density at radius 2 is 1.77 bits per heavy atom. The molecule has 1 spiro atoms. The molecular formula is C10H16O3. The number of rotatable bonds is 1. The van der Waals surface area contributed by atoms with E-state index in [1.807, 2.05) is 0 Å². The fourth-order valence-corrected chi connectivity index (χ4v) is 2.18. The van der Waals surface area contributed by atoms with Gasteiger partial charge in [-0.3, -0.25) is 0 Å². The number of hydrogen-bond acceptors (Lipinski definition) is 3. The van der Waals surface area contributed by atoms with Crippen LogP contribution in [0.25, 0.3) is 0 Å². The van der Waals surface area contributed by atoms with E-state index in [-0.39, 0.29) is 11.7 Å². The summed E-state index contributed by atoms with van der Waals surface area (Å²) < 4.78 is 11.2. The second-order valence-electron chi connectivity index (χ2n) is 3.87. The van der Waals surface area contributed by atoms with Gasteiger partial charge in [0.05, 0.1) is 19.0 Å². The van der Waals surface area contributed by atoms with Crippen LogP contribution in [0.5, 0.6) is 0 Å². The maximum absolute atomic E-state index is 9.23. The van der Waals surface area contributed by atoms with Crippen LogP contribution in [0.1, 0.15) is 25.7 Å². The predicted molar refractivity (Wildman–Crippen MR) is 48.4 cm³/mol. The summed E-state index contributed by atoms with van der Waals surface area (Å²) in [4.78, 5) is 0. The van der Waals surface area contributed by atoms with Gasteiger partial charge in [-0.25, -0.2) is 0 Å². The Morgan fingerprint density at radius 3 is 2.23 bits per heavy atom. The quantitative estimate of drug-likeness (QED) is 0.633. The van der Waals surface area contributed by atoms with Gasteiger partial charge in [0.25, 0.3) is 0 Å². The lowest BCUT2D eigenvalue weighted by atomic mass is 9.84. The minimum atomic E-state index is -0.314. The van der Waals surface area contributed by atoms with Gasteiger partial charge >= 0.3 is 0 Å². The van der Waals surface area contributed by atoms with Gasteiger partial charge in [0.15, 0.2) is 5.79 Å². The Hall–Kier alpha value is -0.540. The van der Waals surface area contributed by atoms with E-state index in [4.69, 9.17) is 9.47 Å². The third-order valence-electron chi connectivity index (χ3n) is 3.03. The summed E-state index contributed by atoms with van der Waals surface area (Å²) in [6, 6.07) is 0. The molecule has 13 heavy (non-hydrogen) atoms. The Morgan fingerprint density at radius 1 is 1.23 bits per heavy atom. The van der Waals surface area contributed by atoms with E-state index in [2.05, 4.69) is 6.58 Å². The first-order valence-electron chi connectivity index (χ1n) is 4.88. The summed E-state index contributed by atoms with van der Waals surface area (Å²) in [6.45, 7) is 4.99. The Balaban J connectivity index is 1.91. The number of allylic oxidation sites excluding steroid dienone is 1. The molecule has 0 atom stereocenters. The fourth-order valence-electron chi connectivity index (χ4n) is 2.18. The summed E-state index contributed by atoms with van der Waals surface area (Å²) in [5.41, 5.74) is 0. The van der Waals surface area contributed by atoms with E-state index < -0.39 is 0 Å². The molecule has 1 aliphatic heterocycles. The van der Waals surface area contributed by atoms with Gasteiger partial charge in [-0.15, -0.1) is 0 Å². The average molecular weight is 184 g/mol. The lowest BCUT2D eigenvalue weighted by Crippen LogP contribution is -2.35. The van der Waals surface area contributed by atoms with Crippen molar-refractivity contribution in [1.82, 2.24) is 0 Å². The molecule has 0 radical (unpaired) electrons. The summed E-state index contributed by atoms with van der Waals surface area (Å²) in [6.07, 6.45) is 3.62. The SMILES string of the molecule is C=C(O)C1CCC2(CC1)OCCO2. The maximum atomic E-state index is 9.23. The third-order valence-corrected chi connectivity index (χ3v) is 3.03. The van der Waals surface area contributed by atoms with Gasteiger partial charge in [-0.2, -0.15) is 0 Å². The number of hydrogen-bond donors (Lipinski definition) is 1. The Bertz CT molecular complexity index is 196. The second-order valence-corrected chi connectivity index (χ2v) is 3.87. The van der Waals surface area contributed by atoms with Crippen LogP contribution >= 0.6 is 0 Å². The van der Waals surface area contributed by atoms with Crippen LogP contribution in [0.4, 0.5) is 0 Å². The smallest absolute Gasteiger partial charge is 0.168 e. The van der Waals surface area contributed by atoms with Crippen molar-refractivity contribution in [3.8, 4) is 0 Å². The van der Waals surface area contributed by atoms with Crippen molar-refractivity contribution >= 4 is 0 Å². The first-order valence-corrected chi connectivity index (χ1v) is 4.88. The fraction of sp³-hybridized carbons (Fsp3) is 0.800. The minimum absolute atomic E-state index is 0.249. The first kappa shape index (κ1) is 9.03. The third kappa shape index (κ3) is 1.71. The highest BCUT2D eigenvalue weighted by Gasteiger charge is 2.40. The molecule has 0 bridgehead atoms. The lowest BCUT2D eigenvalue weighted by molar-refractivity contribution is -0.181. The summed E-state index contributed by atoms with van der Waals surface area (Å²) in [7, 11) is 0. The molecule has 1 N–H and O–H groups in total. The van der Waals surface area contributed by atoms with E-state index in [0.717, 1.165) is 25.7 Å². The molecule has 1 heterocycles. The predicted octanol–water partition coefficient (Wildman–Crippen LogP) is 1.99. The summed E-state index contributed by atoms with van der Waals surface area (Å²) in [5.74, 6) is 0.248. The Labute approximate surface area is 78.3 Å². The first-order chi connectivity index (χ1) is 6.22. The van der Waals surface area contributed by atoms with Crippen molar-refractivity contribution in [3.63, 3.8) is 0 Å². The minimum Gasteiger partial charge on any atom is -0.513 e. The molecule has 3 heteroatoms. The van der Waals surface area contributed by atoms with Crippen LogP contribution in [0.2, 0.25) is 0 Å². The van der Waals surface area contributed by atoms with Gasteiger partial charge in [-0.05, 0) is 12.8 Å². The zero-order valence-electron chi connectivity index (χ0n) is 7.79. The molecule has 0 aromatic carbocycles. The average Bonchev–Trinajstić information content (AvgIpc) is 2.54. The molecule has 3 nitrogen and oxygen atoms in total. The van der Waals surface area contributed by atoms with Crippen LogP contribution in [0, 0.1) is 5.92 Å². The molecule has 0 unspecified atom stereocenters. The molecule has 1 aliphatic carbocycles. The number of aliphatic hydroxyl groups is 1. The van der Waals surface area contributed by atoms with Crippen molar-refractivity contribution in [2.75, 3.05) is 13.2 Å². The van der Waals surface area contributed by atoms with E-state index in [9.17, 15) is 5.11 Å². The standard InChI is InChI=1S/C10H16O3/c1-8(11)9-2-4-10(5-3-9)12-6-7-13-10/h9,11H,1-7H2. The molecule has 1 saturated carbocycles. The van der Waals surface area contributed by atoms with Gasteiger partial charge in [0.1, 0.15) is 0 Å². The zero-order valence-corrected chi connectivity index (χ0v) is 7.79. The normalized spacial score (nSPS) is 28.0. The molecule has 74 valence electrons. The van der Waals surface area contributed by atoms with Crippen LogP contribution in [-0.2, 0) is 9.47 Å². The molecular weight excluding hydrogens is 168 g/mol. The van der Waals surface area contributed by atoms with E-state index in [1.165, 1.54) is 0 Å². The van der Waals surface area contributed by atoms with Gasteiger partial charge in [0.2, 0.25) is 0 Å². The second kappa shape index (κ2) is 3.31. The highest BCUT2D eigenvalue weighted by atomic mass is 16.7. The molecule has 0 aromatic rings. The summed E-state index contributed by atoms with van der Waals surface area (Å²) >= 11 is 0. The van der Waals surface area contributed by atoms with Gasteiger partial charge < -0.3 is 14.6 Å². The highest BCUT2D eigenvalue weighted by Crippen LogP contribution is 2.39. The van der Waals surface area contributed by atoms with Crippen LogP contribution in [-0.4, -0.2) is 24.1 Å². The van der Waals surface area contributed by atoms with Crippen LogP contribution in [0.15, 0.2) is 12.3 Å². The molecule has 2 rings (SSSR count). The van der Waals surface area contributed by atoms with Gasteiger partial charge in [-0.1, -0.05) is 6.58 Å². The van der Waals surface area contributed by atoms with E-state index >= 15 is 0 Å². The van der Waals surface area contributed by atoms with Crippen molar-refractivity contribution in [2.24, 2.45) is 5.92 Å². The molecule has 2 fully saturated rings. The maximum Gasteiger partial charge on any atom is 0.168 e. The van der Waals surface area contributed by atoms with Crippen LogP contribution in [0.3, 0.4) is 0 Å². The van der Waals surface area contributed by atoms with Gasteiger partial charge in [0, 0.05) is 18.8 Å². The molecule has 0 aromatic heterocycles. The van der Waals surface area contributed by atoms with E-state index in [1.54, 1.807) is 0 Å². The molecule has 2 aliphatic rings. The van der Waals surface area contributed by atoms with Crippen molar-refractivity contribution < 1.29 is 14.6 Å². The lowest BCUT2D eigenvalue weighted by Gasteiger charge is -2.34. The molecule has 1 saturated heterocycles. The number of ether oxygens (including phenoxy) is 2. The van der Waals surface area contributed by atoms with Crippen molar-refractivity contribution in [2.45, 2.75) is 31.5 Å². The topological polar surface area (TPSA) is 38.7 Å². The number of aliphatic hydroxyl groups excluding tert-OH is 1.